The maximum absolute atomic E-state index is 13.6. The lowest BCUT2D eigenvalue weighted by atomic mass is 10.0. The Morgan fingerprint density at radius 1 is 1.45 bits per heavy atom. The SMILES string of the molecule is [2H]C1([2H])c2c(N)cc(F)cc2C(=O)N1C1([2H])C(=O)NC(=O)C([2H])([2H])C1([2H])[2H]. The van der Waals surface area contributed by atoms with Crippen molar-refractivity contribution in [3.63, 3.8) is 0 Å². The van der Waals surface area contributed by atoms with Gasteiger partial charge in [-0.1, -0.05) is 0 Å². The van der Waals surface area contributed by atoms with Crippen LogP contribution in [0.25, 0.3) is 0 Å². The van der Waals surface area contributed by atoms with Crippen LogP contribution in [-0.4, -0.2) is 28.6 Å². The van der Waals surface area contributed by atoms with Gasteiger partial charge in [-0.15, -0.1) is 0 Å². The molecule has 2 aliphatic heterocycles. The summed E-state index contributed by atoms with van der Waals surface area (Å²) in [5, 5.41) is 1.46. The first-order valence-corrected chi connectivity index (χ1v) is 5.42. The van der Waals surface area contributed by atoms with E-state index in [0.29, 0.717) is 12.1 Å². The van der Waals surface area contributed by atoms with Gasteiger partial charge in [-0.25, -0.2) is 4.39 Å². The van der Waals surface area contributed by atoms with E-state index in [0.717, 1.165) is 0 Å². The molecule has 7 heteroatoms. The van der Waals surface area contributed by atoms with Gasteiger partial charge in [0, 0.05) is 35.2 Å². The lowest BCUT2D eigenvalue weighted by Crippen LogP contribution is -2.52. The third-order valence-corrected chi connectivity index (χ3v) is 2.75. The number of hydrogen-bond acceptors (Lipinski definition) is 4. The number of nitrogens with two attached hydrogens (primary N) is 1. The van der Waals surface area contributed by atoms with Crippen molar-refractivity contribution in [1.82, 2.24) is 10.2 Å². The molecule has 104 valence electrons. The summed E-state index contributed by atoms with van der Waals surface area (Å²) < 4.78 is 69.4. The second-order valence-corrected chi connectivity index (χ2v) is 4.05. The van der Waals surface area contributed by atoms with Crippen molar-refractivity contribution in [2.45, 2.75) is 25.3 Å². The number of nitrogen functional groups attached to an aromatic ring is 1. The molecule has 1 aromatic rings. The number of hydrogen-bond donors (Lipinski definition) is 2. The number of carbonyl (C=O) groups is 3. The largest absolute Gasteiger partial charge is 0.398 e. The summed E-state index contributed by atoms with van der Waals surface area (Å²) in [4.78, 5) is 36.7. The first kappa shape index (κ1) is 6.83. The quantitative estimate of drug-likeness (QED) is 0.568. The van der Waals surface area contributed by atoms with E-state index in [-0.39, 0.29) is 4.90 Å². The fourth-order valence-electron chi connectivity index (χ4n) is 1.89. The van der Waals surface area contributed by atoms with Crippen LogP contribution in [0.15, 0.2) is 12.1 Å². The van der Waals surface area contributed by atoms with Gasteiger partial charge in [-0.2, -0.15) is 0 Å². The summed E-state index contributed by atoms with van der Waals surface area (Å²) in [6.07, 6.45) is -7.11. The van der Waals surface area contributed by atoms with Crippen LogP contribution < -0.4 is 11.1 Å². The Morgan fingerprint density at radius 2 is 2.20 bits per heavy atom. The zero-order valence-corrected chi connectivity index (χ0v) is 9.78. The van der Waals surface area contributed by atoms with Crippen LogP contribution in [0.5, 0.6) is 0 Å². The van der Waals surface area contributed by atoms with Crippen LogP contribution in [0, 0.1) is 5.82 Å². The van der Waals surface area contributed by atoms with Crippen molar-refractivity contribution in [1.29, 1.82) is 0 Å². The van der Waals surface area contributed by atoms with Gasteiger partial charge in [0.2, 0.25) is 11.8 Å². The van der Waals surface area contributed by atoms with Crippen LogP contribution in [0.1, 0.15) is 38.3 Å². The smallest absolute Gasteiger partial charge is 0.255 e. The number of amides is 3. The Morgan fingerprint density at radius 3 is 2.95 bits per heavy atom. The predicted molar refractivity (Wildman–Crippen MR) is 66.9 cm³/mol. The zero-order valence-electron chi connectivity index (χ0n) is 16.8. The molecule has 0 saturated carbocycles. The maximum Gasteiger partial charge on any atom is 0.255 e. The minimum Gasteiger partial charge on any atom is -0.398 e. The number of nitrogens with zero attached hydrogens (tertiary/aromatic N) is 1. The van der Waals surface area contributed by atoms with Crippen molar-refractivity contribution in [3.05, 3.63) is 29.1 Å². The molecule has 1 atom stereocenters. The molecule has 0 aromatic heterocycles. The molecule has 1 fully saturated rings. The van der Waals surface area contributed by atoms with Gasteiger partial charge in [0.25, 0.3) is 5.91 Å². The second-order valence-electron chi connectivity index (χ2n) is 4.05. The van der Waals surface area contributed by atoms with Gasteiger partial charge >= 0.3 is 0 Å². The summed E-state index contributed by atoms with van der Waals surface area (Å²) in [6.45, 7) is -3.06. The number of imide groups is 1. The molecule has 1 unspecified atom stereocenters. The topological polar surface area (TPSA) is 92.5 Å². The Balaban J connectivity index is 2.30. The molecule has 6 nitrogen and oxygen atoms in total. The van der Waals surface area contributed by atoms with E-state index >= 15 is 0 Å². The first-order chi connectivity index (χ1) is 12.1. The van der Waals surface area contributed by atoms with Gasteiger partial charge in [-0.05, 0) is 18.5 Å². The summed E-state index contributed by atoms with van der Waals surface area (Å²) >= 11 is 0. The third-order valence-electron chi connectivity index (χ3n) is 2.75. The summed E-state index contributed by atoms with van der Waals surface area (Å²) in [7, 11) is 0. The monoisotopic (exact) mass is 284 g/mol. The zero-order chi connectivity index (χ0) is 20.7. The number of anilines is 1. The van der Waals surface area contributed by atoms with E-state index in [1.165, 1.54) is 5.32 Å². The van der Waals surface area contributed by atoms with E-state index < -0.39 is 65.6 Å². The molecule has 2 aliphatic rings. The van der Waals surface area contributed by atoms with Gasteiger partial charge in [0.15, 0.2) is 0 Å². The van der Waals surface area contributed by atoms with Gasteiger partial charge < -0.3 is 10.6 Å². The van der Waals surface area contributed by atoms with Crippen molar-refractivity contribution >= 4 is 23.4 Å². The van der Waals surface area contributed by atoms with Crippen molar-refractivity contribution in [2.75, 3.05) is 5.73 Å². The molecule has 3 rings (SSSR count). The fraction of sp³-hybridized carbons (Fsp3) is 0.308. The Labute approximate surface area is 123 Å². The number of carbonyl (C=O) groups excluding carboxylic acids is 3. The minimum absolute atomic E-state index is 0.153. The standard InChI is InChI=1S/C13H12FN3O3/c14-6-3-7-8(9(15)4-6)5-17(13(7)20)10-1-2-11(18)16-12(10)19/h3-4,10H,1-2,5,15H2,(H,16,18,19)/i1D2,2D2,5D2,10D. The van der Waals surface area contributed by atoms with Crippen molar-refractivity contribution in [3.8, 4) is 0 Å². The Kier molecular flexibility index (Phi) is 1.47. The van der Waals surface area contributed by atoms with Gasteiger partial charge in [0.1, 0.15) is 11.8 Å². The molecule has 3 N–H and O–H groups in total. The van der Waals surface area contributed by atoms with E-state index in [4.69, 9.17) is 15.3 Å². The Hall–Kier alpha value is -2.44. The maximum atomic E-state index is 13.6. The number of nitrogens with one attached hydrogen (secondary N) is 1. The second kappa shape index (κ2) is 4.29. The molecule has 1 aromatic carbocycles. The molecule has 0 radical (unpaired) electrons. The summed E-state index contributed by atoms with van der Waals surface area (Å²) in [6, 6.07) is -2.21. The molecular weight excluding hydrogens is 265 g/mol. The van der Waals surface area contributed by atoms with Crippen LogP contribution >= 0.6 is 0 Å². The molecule has 3 amide bonds. The summed E-state index contributed by atoms with van der Waals surface area (Å²) in [5.41, 5.74) is 3.86. The molecule has 1 saturated heterocycles. The summed E-state index contributed by atoms with van der Waals surface area (Å²) in [5.74, 6) is -5.86. The number of benzene rings is 1. The lowest BCUT2D eigenvalue weighted by Gasteiger charge is -2.29. The van der Waals surface area contributed by atoms with Crippen LogP contribution in [0.4, 0.5) is 10.1 Å². The number of rotatable bonds is 1. The normalized spacial score (nSPS) is 38.4. The minimum atomic E-state index is -3.65. The molecule has 0 spiro atoms. The first-order valence-electron chi connectivity index (χ1n) is 8.92. The van der Waals surface area contributed by atoms with Crippen LogP contribution in [-0.2, 0) is 16.1 Å². The Bertz CT molecular complexity index is 923. The molecule has 0 bridgehead atoms. The molecular formula is C13H12FN3O3. The van der Waals surface area contributed by atoms with E-state index in [2.05, 4.69) is 0 Å². The number of halogens is 1. The van der Waals surface area contributed by atoms with E-state index in [1.54, 1.807) is 0 Å². The van der Waals surface area contributed by atoms with Crippen LogP contribution in [0.2, 0.25) is 0 Å². The highest BCUT2D eigenvalue weighted by molar-refractivity contribution is 6.06. The average molecular weight is 284 g/mol. The van der Waals surface area contributed by atoms with Crippen molar-refractivity contribution < 1.29 is 28.4 Å². The highest BCUT2D eigenvalue weighted by atomic mass is 19.1. The van der Waals surface area contributed by atoms with Gasteiger partial charge in [-0.3, -0.25) is 19.7 Å². The molecule has 20 heavy (non-hydrogen) atoms. The average Bonchev–Trinajstić information content (AvgIpc) is 2.71. The van der Waals surface area contributed by atoms with Crippen LogP contribution in [0.3, 0.4) is 0 Å². The van der Waals surface area contributed by atoms with E-state index in [9.17, 15) is 18.8 Å². The number of piperidine rings is 1. The van der Waals surface area contributed by atoms with Crippen molar-refractivity contribution in [2.24, 2.45) is 0 Å². The molecule has 0 aliphatic carbocycles. The predicted octanol–water partition coefficient (Wildman–Crippen LogP) is 0.169. The third kappa shape index (κ3) is 1.82. The highest BCUT2D eigenvalue weighted by Crippen LogP contribution is 2.31. The van der Waals surface area contributed by atoms with E-state index in [1.807, 2.05) is 0 Å². The molecule has 2 heterocycles. The lowest BCUT2D eigenvalue weighted by molar-refractivity contribution is -0.136. The van der Waals surface area contributed by atoms with Gasteiger partial charge in [0.05, 0.1) is 4.11 Å². The number of fused-ring (bicyclic) bond motifs is 1. The fourth-order valence-corrected chi connectivity index (χ4v) is 1.89. The highest BCUT2D eigenvalue weighted by Gasteiger charge is 2.39.